The first-order chi connectivity index (χ1) is 8.78. The van der Waals surface area contributed by atoms with E-state index in [1.165, 1.54) is 11.1 Å². The molecule has 98 valence electrons. The summed E-state index contributed by atoms with van der Waals surface area (Å²) < 4.78 is 11.0. The van der Waals surface area contributed by atoms with Gasteiger partial charge < -0.3 is 14.4 Å². The highest BCUT2D eigenvalue weighted by Gasteiger charge is 2.20. The van der Waals surface area contributed by atoms with Crippen molar-refractivity contribution in [2.75, 3.05) is 26.8 Å². The topological polar surface area (TPSA) is 38.8 Å². The number of hydrogen-bond donors (Lipinski definition) is 0. The smallest absolute Gasteiger partial charge is 0.210 e. The molecule has 0 aromatic rings. The Morgan fingerprint density at radius 2 is 2.28 bits per heavy atom. The fourth-order valence-corrected chi connectivity index (χ4v) is 2.32. The Labute approximate surface area is 108 Å². The molecule has 0 aromatic heterocycles. The van der Waals surface area contributed by atoms with E-state index in [4.69, 9.17) is 9.47 Å². The zero-order valence-electron chi connectivity index (χ0n) is 10.9. The van der Waals surface area contributed by atoms with Crippen LogP contribution in [0, 0.1) is 0 Å². The van der Waals surface area contributed by atoms with Gasteiger partial charge in [-0.1, -0.05) is 5.57 Å². The second-order valence-electron chi connectivity index (χ2n) is 4.37. The van der Waals surface area contributed by atoms with Crippen molar-refractivity contribution < 1.29 is 14.3 Å². The lowest BCUT2D eigenvalue weighted by atomic mass is 9.98. The fraction of sp³-hybridized carbons (Fsp3) is 0.500. The highest BCUT2D eigenvalue weighted by atomic mass is 16.5. The zero-order chi connectivity index (χ0) is 13.0. The largest absolute Gasteiger partial charge is 0.493 e. The van der Waals surface area contributed by atoms with E-state index >= 15 is 0 Å². The van der Waals surface area contributed by atoms with Crippen LogP contribution in [0.4, 0.5) is 0 Å². The van der Waals surface area contributed by atoms with Crippen molar-refractivity contribution in [1.29, 1.82) is 0 Å². The van der Waals surface area contributed by atoms with Gasteiger partial charge in [0.15, 0.2) is 11.5 Å². The lowest BCUT2D eigenvalue weighted by Crippen LogP contribution is -2.30. The molecule has 0 atom stereocenters. The molecular formula is C14H19NO3. The number of carbonyl (C=O) groups excluding carboxylic acids is 1. The first kappa shape index (κ1) is 12.7. The minimum absolute atomic E-state index is 0.604. The van der Waals surface area contributed by atoms with Crippen molar-refractivity contribution in [1.82, 2.24) is 4.90 Å². The standard InChI is InChI=1S/C14H19NO3/c1-3-18-14-8-12-9-15(10-16)7-6-11(12)4-5-13(14)17-2/h5,8,10H,3-4,6-7,9H2,1-2H3. The number of ether oxygens (including phenoxy) is 2. The average Bonchev–Trinajstić information content (AvgIpc) is 2.57. The molecule has 1 heterocycles. The zero-order valence-corrected chi connectivity index (χ0v) is 10.9. The van der Waals surface area contributed by atoms with Crippen molar-refractivity contribution >= 4 is 6.41 Å². The summed E-state index contributed by atoms with van der Waals surface area (Å²) in [7, 11) is 1.65. The molecular weight excluding hydrogens is 230 g/mol. The molecule has 2 aliphatic rings. The van der Waals surface area contributed by atoms with Crippen molar-refractivity contribution in [3.8, 4) is 0 Å². The summed E-state index contributed by atoms with van der Waals surface area (Å²) in [5.41, 5.74) is 2.55. The number of hydrogen-bond acceptors (Lipinski definition) is 3. The van der Waals surface area contributed by atoms with Crippen LogP contribution in [-0.2, 0) is 14.3 Å². The van der Waals surface area contributed by atoms with Crippen LogP contribution < -0.4 is 0 Å². The Morgan fingerprint density at radius 3 is 2.94 bits per heavy atom. The molecule has 1 amide bonds. The van der Waals surface area contributed by atoms with E-state index in [0.717, 1.165) is 37.3 Å². The first-order valence-corrected chi connectivity index (χ1v) is 6.27. The Bertz CT molecular complexity index is 421. The molecule has 18 heavy (non-hydrogen) atoms. The Hall–Kier alpha value is -1.71. The third-order valence-corrected chi connectivity index (χ3v) is 3.28. The number of methoxy groups -OCH3 is 1. The van der Waals surface area contributed by atoms with Gasteiger partial charge in [-0.3, -0.25) is 4.79 Å². The molecule has 0 bridgehead atoms. The van der Waals surface area contributed by atoms with Crippen molar-refractivity contribution in [3.05, 3.63) is 34.8 Å². The van der Waals surface area contributed by atoms with Crippen LogP contribution in [0.2, 0.25) is 0 Å². The van der Waals surface area contributed by atoms with Crippen LogP contribution in [0.3, 0.4) is 0 Å². The summed E-state index contributed by atoms with van der Waals surface area (Å²) in [4.78, 5) is 12.7. The maximum absolute atomic E-state index is 10.9. The maximum atomic E-state index is 10.9. The Morgan fingerprint density at radius 1 is 1.44 bits per heavy atom. The molecule has 0 saturated carbocycles. The molecule has 0 radical (unpaired) electrons. The van der Waals surface area contributed by atoms with E-state index in [1.807, 2.05) is 13.0 Å². The van der Waals surface area contributed by atoms with Gasteiger partial charge >= 0.3 is 0 Å². The SMILES string of the molecule is CCOC1=CC2=C(CC=C1OC)CCN(C=O)C2. The van der Waals surface area contributed by atoms with Crippen LogP contribution >= 0.6 is 0 Å². The number of amides is 1. The van der Waals surface area contributed by atoms with Gasteiger partial charge in [0.05, 0.1) is 13.7 Å². The molecule has 0 unspecified atom stereocenters. The molecule has 0 fully saturated rings. The first-order valence-electron chi connectivity index (χ1n) is 6.27. The summed E-state index contributed by atoms with van der Waals surface area (Å²) in [5.74, 6) is 1.54. The molecule has 1 aliphatic carbocycles. The molecule has 0 spiro atoms. The van der Waals surface area contributed by atoms with E-state index in [2.05, 4.69) is 6.08 Å². The lowest BCUT2D eigenvalue weighted by Gasteiger charge is -2.26. The number of rotatable bonds is 4. The van der Waals surface area contributed by atoms with Gasteiger partial charge in [0, 0.05) is 13.1 Å². The highest BCUT2D eigenvalue weighted by molar-refractivity contribution is 5.51. The van der Waals surface area contributed by atoms with E-state index in [-0.39, 0.29) is 0 Å². The number of allylic oxidation sites excluding steroid dienone is 1. The van der Waals surface area contributed by atoms with Crippen LogP contribution in [0.5, 0.6) is 0 Å². The van der Waals surface area contributed by atoms with Crippen LogP contribution in [-0.4, -0.2) is 38.1 Å². The fourth-order valence-electron chi connectivity index (χ4n) is 2.32. The minimum atomic E-state index is 0.604. The predicted molar refractivity (Wildman–Crippen MR) is 68.7 cm³/mol. The summed E-state index contributed by atoms with van der Waals surface area (Å²) in [6.07, 6.45) is 6.78. The molecule has 1 aliphatic heterocycles. The van der Waals surface area contributed by atoms with E-state index in [9.17, 15) is 4.79 Å². The quantitative estimate of drug-likeness (QED) is 0.715. The molecule has 4 nitrogen and oxygen atoms in total. The Kier molecular flexibility index (Phi) is 4.07. The van der Waals surface area contributed by atoms with Crippen molar-refractivity contribution in [3.63, 3.8) is 0 Å². The normalized spacial score (nSPS) is 19.6. The second-order valence-corrected chi connectivity index (χ2v) is 4.37. The number of nitrogens with zero attached hydrogens (tertiary/aromatic N) is 1. The van der Waals surface area contributed by atoms with Gasteiger partial charge in [-0.05, 0) is 37.5 Å². The van der Waals surface area contributed by atoms with Crippen LogP contribution in [0.1, 0.15) is 19.8 Å². The third-order valence-electron chi connectivity index (χ3n) is 3.28. The monoisotopic (exact) mass is 249 g/mol. The van der Waals surface area contributed by atoms with Gasteiger partial charge in [-0.25, -0.2) is 0 Å². The van der Waals surface area contributed by atoms with Gasteiger partial charge in [0.25, 0.3) is 0 Å². The molecule has 0 N–H and O–H groups in total. The summed E-state index contributed by atoms with van der Waals surface area (Å²) in [6.45, 7) is 4.02. The molecule has 2 rings (SSSR count). The van der Waals surface area contributed by atoms with Gasteiger partial charge in [0.1, 0.15) is 0 Å². The van der Waals surface area contributed by atoms with Crippen molar-refractivity contribution in [2.45, 2.75) is 19.8 Å². The molecule has 0 aromatic carbocycles. The van der Waals surface area contributed by atoms with Gasteiger partial charge in [-0.15, -0.1) is 0 Å². The van der Waals surface area contributed by atoms with E-state index < -0.39 is 0 Å². The molecule has 0 saturated heterocycles. The number of carbonyl (C=O) groups is 1. The average molecular weight is 249 g/mol. The highest BCUT2D eigenvalue weighted by Crippen LogP contribution is 2.29. The predicted octanol–water partition coefficient (Wildman–Crippen LogP) is 2.00. The van der Waals surface area contributed by atoms with E-state index in [0.29, 0.717) is 13.2 Å². The van der Waals surface area contributed by atoms with Crippen LogP contribution in [0.15, 0.2) is 34.8 Å². The van der Waals surface area contributed by atoms with Crippen molar-refractivity contribution in [2.24, 2.45) is 0 Å². The molecule has 4 heteroatoms. The summed E-state index contributed by atoms with van der Waals surface area (Å²) >= 11 is 0. The third kappa shape index (κ3) is 2.58. The van der Waals surface area contributed by atoms with Gasteiger partial charge in [-0.2, -0.15) is 0 Å². The summed E-state index contributed by atoms with van der Waals surface area (Å²) in [6, 6.07) is 0. The lowest BCUT2D eigenvalue weighted by molar-refractivity contribution is -0.117. The Balaban J connectivity index is 2.28. The van der Waals surface area contributed by atoms with Gasteiger partial charge in [0.2, 0.25) is 6.41 Å². The van der Waals surface area contributed by atoms with E-state index in [1.54, 1.807) is 12.0 Å². The maximum Gasteiger partial charge on any atom is 0.210 e. The minimum Gasteiger partial charge on any atom is -0.493 e. The van der Waals surface area contributed by atoms with Crippen LogP contribution in [0.25, 0.3) is 0 Å². The second kappa shape index (κ2) is 5.76. The summed E-state index contributed by atoms with van der Waals surface area (Å²) in [5, 5.41) is 0.